The van der Waals surface area contributed by atoms with Gasteiger partial charge in [-0.05, 0) is 20.8 Å². The van der Waals surface area contributed by atoms with Crippen LogP contribution in [-0.2, 0) is 6.54 Å². The first-order valence-corrected chi connectivity index (χ1v) is 5.93. The molecule has 0 aliphatic heterocycles. The Bertz CT molecular complexity index is 320. The number of carbonyl (C=O) groups excluding carboxylic acids is 1. The van der Waals surface area contributed by atoms with E-state index in [-0.39, 0.29) is 6.03 Å². The van der Waals surface area contributed by atoms with E-state index >= 15 is 0 Å². The zero-order valence-corrected chi connectivity index (χ0v) is 10.2. The van der Waals surface area contributed by atoms with Crippen LogP contribution in [0.1, 0.15) is 23.7 Å². The summed E-state index contributed by atoms with van der Waals surface area (Å²) >= 11 is 1.61. The molecule has 0 radical (unpaired) electrons. The summed E-state index contributed by atoms with van der Waals surface area (Å²) in [7, 11) is 0. The standard InChI is InChI=1S/C10H17N3OS/c1-4-13(5-2)10(14)12-7-9-6-11-8(3)15-9/h6H,4-5,7H2,1-3H3,(H,12,14). The molecule has 0 atom stereocenters. The lowest BCUT2D eigenvalue weighted by atomic mass is 10.5. The molecule has 0 spiro atoms. The number of urea groups is 1. The van der Waals surface area contributed by atoms with Crippen LogP contribution in [0.2, 0.25) is 0 Å². The highest BCUT2D eigenvalue weighted by atomic mass is 32.1. The van der Waals surface area contributed by atoms with Crippen molar-refractivity contribution in [3.63, 3.8) is 0 Å². The van der Waals surface area contributed by atoms with E-state index in [0.717, 1.165) is 23.0 Å². The van der Waals surface area contributed by atoms with Gasteiger partial charge in [0, 0.05) is 24.2 Å². The number of hydrogen-bond donors (Lipinski definition) is 1. The summed E-state index contributed by atoms with van der Waals surface area (Å²) in [4.78, 5) is 18.6. The van der Waals surface area contributed by atoms with Crippen molar-refractivity contribution in [2.45, 2.75) is 27.3 Å². The predicted molar refractivity (Wildman–Crippen MR) is 62.0 cm³/mol. The van der Waals surface area contributed by atoms with Crippen LogP contribution in [0.4, 0.5) is 4.79 Å². The van der Waals surface area contributed by atoms with Crippen LogP contribution >= 0.6 is 11.3 Å². The molecule has 0 saturated heterocycles. The van der Waals surface area contributed by atoms with E-state index in [2.05, 4.69) is 10.3 Å². The molecule has 5 heteroatoms. The van der Waals surface area contributed by atoms with Crippen LogP contribution in [0, 0.1) is 6.92 Å². The fourth-order valence-corrected chi connectivity index (χ4v) is 2.01. The summed E-state index contributed by atoms with van der Waals surface area (Å²) in [6.45, 7) is 7.95. The van der Waals surface area contributed by atoms with Crippen molar-refractivity contribution in [3.8, 4) is 0 Å². The van der Waals surface area contributed by atoms with Crippen molar-refractivity contribution in [1.82, 2.24) is 15.2 Å². The number of thiazole rings is 1. The highest BCUT2D eigenvalue weighted by Crippen LogP contribution is 2.10. The van der Waals surface area contributed by atoms with Crippen molar-refractivity contribution in [2.75, 3.05) is 13.1 Å². The zero-order chi connectivity index (χ0) is 11.3. The summed E-state index contributed by atoms with van der Waals surface area (Å²) < 4.78 is 0. The third kappa shape index (κ3) is 3.51. The van der Waals surface area contributed by atoms with Crippen LogP contribution in [0.25, 0.3) is 0 Å². The van der Waals surface area contributed by atoms with Crippen LogP contribution < -0.4 is 5.32 Å². The van der Waals surface area contributed by atoms with Gasteiger partial charge in [-0.1, -0.05) is 0 Å². The molecule has 1 N–H and O–H groups in total. The topological polar surface area (TPSA) is 45.2 Å². The first-order valence-electron chi connectivity index (χ1n) is 5.11. The van der Waals surface area contributed by atoms with Gasteiger partial charge in [0.15, 0.2) is 0 Å². The summed E-state index contributed by atoms with van der Waals surface area (Å²) in [5.41, 5.74) is 0. The Morgan fingerprint density at radius 1 is 1.53 bits per heavy atom. The third-order valence-corrected chi connectivity index (χ3v) is 3.05. The molecule has 84 valence electrons. The minimum absolute atomic E-state index is 0.00828. The number of aryl methyl sites for hydroxylation is 1. The first-order chi connectivity index (χ1) is 7.17. The first kappa shape index (κ1) is 12.0. The Hall–Kier alpha value is -1.10. The fraction of sp³-hybridized carbons (Fsp3) is 0.600. The Morgan fingerprint density at radius 2 is 2.20 bits per heavy atom. The van der Waals surface area contributed by atoms with E-state index in [9.17, 15) is 4.79 Å². The Morgan fingerprint density at radius 3 is 2.67 bits per heavy atom. The molecule has 0 fully saturated rings. The van der Waals surface area contributed by atoms with Gasteiger partial charge in [-0.15, -0.1) is 11.3 Å². The average molecular weight is 227 g/mol. The van der Waals surface area contributed by atoms with Crippen LogP contribution in [0.5, 0.6) is 0 Å². The van der Waals surface area contributed by atoms with E-state index in [1.165, 1.54) is 0 Å². The second-order valence-electron chi connectivity index (χ2n) is 3.18. The third-order valence-electron chi connectivity index (χ3n) is 2.13. The van der Waals surface area contributed by atoms with E-state index in [0.29, 0.717) is 6.54 Å². The molecule has 15 heavy (non-hydrogen) atoms. The molecule has 0 bridgehead atoms. The van der Waals surface area contributed by atoms with Crippen molar-refractivity contribution < 1.29 is 4.79 Å². The molecule has 0 saturated carbocycles. The average Bonchev–Trinajstić information content (AvgIpc) is 2.63. The number of amides is 2. The van der Waals surface area contributed by atoms with Crippen LogP contribution in [0.3, 0.4) is 0 Å². The molecule has 0 unspecified atom stereocenters. The summed E-state index contributed by atoms with van der Waals surface area (Å²) in [5.74, 6) is 0. The highest BCUT2D eigenvalue weighted by Gasteiger charge is 2.08. The second-order valence-corrected chi connectivity index (χ2v) is 4.50. The van der Waals surface area contributed by atoms with E-state index in [1.807, 2.05) is 27.0 Å². The number of aromatic nitrogens is 1. The molecular formula is C10H17N3OS. The number of hydrogen-bond acceptors (Lipinski definition) is 3. The lowest BCUT2D eigenvalue weighted by Crippen LogP contribution is -2.39. The van der Waals surface area contributed by atoms with Gasteiger partial charge in [-0.3, -0.25) is 0 Å². The quantitative estimate of drug-likeness (QED) is 0.855. The molecule has 4 nitrogen and oxygen atoms in total. The highest BCUT2D eigenvalue weighted by molar-refractivity contribution is 7.11. The zero-order valence-electron chi connectivity index (χ0n) is 9.41. The molecule has 1 heterocycles. The molecule has 1 rings (SSSR count). The van der Waals surface area contributed by atoms with Gasteiger partial charge in [-0.25, -0.2) is 9.78 Å². The fourth-order valence-electron chi connectivity index (χ4n) is 1.27. The molecule has 1 aromatic heterocycles. The summed E-state index contributed by atoms with van der Waals surface area (Å²) in [5, 5.41) is 3.90. The van der Waals surface area contributed by atoms with Gasteiger partial charge in [0.05, 0.1) is 11.6 Å². The summed E-state index contributed by atoms with van der Waals surface area (Å²) in [6, 6.07) is -0.00828. The van der Waals surface area contributed by atoms with E-state index in [4.69, 9.17) is 0 Å². The van der Waals surface area contributed by atoms with Gasteiger partial charge in [0.25, 0.3) is 0 Å². The Balaban J connectivity index is 2.40. The van der Waals surface area contributed by atoms with Gasteiger partial charge < -0.3 is 10.2 Å². The van der Waals surface area contributed by atoms with Crippen molar-refractivity contribution in [2.24, 2.45) is 0 Å². The minimum atomic E-state index is -0.00828. The maximum atomic E-state index is 11.6. The van der Waals surface area contributed by atoms with Crippen molar-refractivity contribution >= 4 is 17.4 Å². The Labute approximate surface area is 94.3 Å². The van der Waals surface area contributed by atoms with Gasteiger partial charge in [-0.2, -0.15) is 0 Å². The number of carbonyl (C=O) groups is 1. The second kappa shape index (κ2) is 5.70. The van der Waals surface area contributed by atoms with Gasteiger partial charge >= 0.3 is 6.03 Å². The van der Waals surface area contributed by atoms with Gasteiger partial charge in [0.1, 0.15) is 0 Å². The molecule has 1 aromatic rings. The summed E-state index contributed by atoms with van der Waals surface area (Å²) in [6.07, 6.45) is 1.81. The predicted octanol–water partition coefficient (Wildman–Crippen LogP) is 2.00. The molecule has 0 aromatic carbocycles. The lowest BCUT2D eigenvalue weighted by Gasteiger charge is -2.18. The van der Waals surface area contributed by atoms with Crippen molar-refractivity contribution in [3.05, 3.63) is 16.1 Å². The van der Waals surface area contributed by atoms with Crippen LogP contribution in [-0.4, -0.2) is 29.0 Å². The molecule has 2 amide bonds. The largest absolute Gasteiger partial charge is 0.333 e. The molecule has 0 aliphatic rings. The number of nitrogens with one attached hydrogen (secondary N) is 1. The SMILES string of the molecule is CCN(CC)C(=O)NCc1cnc(C)s1. The lowest BCUT2D eigenvalue weighted by molar-refractivity contribution is 0.203. The van der Waals surface area contributed by atoms with Crippen molar-refractivity contribution in [1.29, 1.82) is 0 Å². The normalized spacial score (nSPS) is 10.1. The van der Waals surface area contributed by atoms with E-state index in [1.54, 1.807) is 16.2 Å². The minimum Gasteiger partial charge on any atom is -0.333 e. The van der Waals surface area contributed by atoms with E-state index < -0.39 is 0 Å². The van der Waals surface area contributed by atoms with Gasteiger partial charge in [0.2, 0.25) is 0 Å². The van der Waals surface area contributed by atoms with Crippen LogP contribution in [0.15, 0.2) is 6.20 Å². The Kier molecular flexibility index (Phi) is 4.55. The number of nitrogens with zero attached hydrogens (tertiary/aromatic N) is 2. The maximum absolute atomic E-state index is 11.6. The molecule has 0 aliphatic carbocycles. The maximum Gasteiger partial charge on any atom is 0.317 e. The monoisotopic (exact) mass is 227 g/mol. The molecular weight excluding hydrogens is 210 g/mol. The number of rotatable bonds is 4. The smallest absolute Gasteiger partial charge is 0.317 e.